The van der Waals surface area contributed by atoms with Crippen molar-refractivity contribution < 1.29 is 0 Å². The van der Waals surface area contributed by atoms with Crippen LogP contribution < -0.4 is 0 Å². The Morgan fingerprint density at radius 2 is 1.79 bits per heavy atom. The molecular weight excluding hydrogens is 308 g/mol. The zero-order chi connectivity index (χ0) is 10.3. The Hall–Kier alpha value is -0.0200. The predicted octanol–water partition coefficient (Wildman–Crippen LogP) is 4.96. The van der Waals surface area contributed by atoms with Crippen LogP contribution in [0.1, 0.15) is 0 Å². The summed E-state index contributed by atoms with van der Waals surface area (Å²) in [6.07, 6.45) is 0. The molecule has 0 saturated heterocycles. The van der Waals surface area contributed by atoms with Gasteiger partial charge in [0, 0.05) is 5.39 Å². The summed E-state index contributed by atoms with van der Waals surface area (Å²) in [6.45, 7) is 0. The highest BCUT2D eigenvalue weighted by atomic mass is 79.9. The standard InChI is InChI=1S/C9H3BrCl3N/c10-9-8(13)7(12)6-4(11)2-1-3-5(6)14-9/h1-3H. The van der Waals surface area contributed by atoms with Crippen LogP contribution in [0.2, 0.25) is 15.1 Å². The van der Waals surface area contributed by atoms with Gasteiger partial charge in [0.15, 0.2) is 0 Å². The van der Waals surface area contributed by atoms with Crippen LogP contribution in [0.4, 0.5) is 0 Å². The number of benzene rings is 1. The largest absolute Gasteiger partial charge is 0.239 e. The topological polar surface area (TPSA) is 12.9 Å². The Morgan fingerprint density at radius 3 is 2.50 bits per heavy atom. The van der Waals surface area contributed by atoms with Gasteiger partial charge in [-0.2, -0.15) is 0 Å². The number of nitrogens with zero attached hydrogens (tertiary/aromatic N) is 1. The lowest BCUT2D eigenvalue weighted by molar-refractivity contribution is 1.35. The van der Waals surface area contributed by atoms with Gasteiger partial charge < -0.3 is 0 Å². The van der Waals surface area contributed by atoms with E-state index < -0.39 is 0 Å². The van der Waals surface area contributed by atoms with Gasteiger partial charge in [-0.25, -0.2) is 4.98 Å². The van der Waals surface area contributed by atoms with Crippen molar-refractivity contribution in [3.63, 3.8) is 0 Å². The minimum Gasteiger partial charge on any atom is -0.239 e. The van der Waals surface area contributed by atoms with Gasteiger partial charge in [0.05, 0.1) is 20.6 Å². The lowest BCUT2D eigenvalue weighted by Crippen LogP contribution is -1.84. The highest BCUT2D eigenvalue weighted by Gasteiger charge is 2.11. The highest BCUT2D eigenvalue weighted by molar-refractivity contribution is 9.10. The van der Waals surface area contributed by atoms with Crippen molar-refractivity contribution in [2.24, 2.45) is 0 Å². The van der Waals surface area contributed by atoms with Crippen LogP contribution in [-0.4, -0.2) is 4.98 Å². The zero-order valence-corrected chi connectivity index (χ0v) is 10.5. The molecule has 0 unspecified atom stereocenters. The molecule has 0 aliphatic heterocycles. The third-order valence-electron chi connectivity index (χ3n) is 1.80. The van der Waals surface area contributed by atoms with Gasteiger partial charge in [-0.05, 0) is 28.1 Å². The lowest BCUT2D eigenvalue weighted by atomic mass is 10.2. The second kappa shape index (κ2) is 3.86. The minimum atomic E-state index is 0.382. The third-order valence-corrected chi connectivity index (χ3v) is 3.76. The van der Waals surface area contributed by atoms with E-state index in [1.807, 2.05) is 12.1 Å². The molecule has 72 valence electrons. The summed E-state index contributed by atoms with van der Waals surface area (Å²) in [4.78, 5) is 4.21. The van der Waals surface area contributed by atoms with Gasteiger partial charge in [0.1, 0.15) is 4.60 Å². The fourth-order valence-corrected chi connectivity index (χ4v) is 2.42. The van der Waals surface area contributed by atoms with Crippen LogP contribution >= 0.6 is 50.7 Å². The molecule has 5 heteroatoms. The fourth-order valence-electron chi connectivity index (χ4n) is 1.18. The molecular formula is C9H3BrCl3N. The van der Waals surface area contributed by atoms with Crippen LogP contribution in [0, 0.1) is 0 Å². The van der Waals surface area contributed by atoms with Crippen molar-refractivity contribution in [1.29, 1.82) is 0 Å². The van der Waals surface area contributed by atoms with Gasteiger partial charge in [-0.1, -0.05) is 40.9 Å². The molecule has 0 radical (unpaired) electrons. The second-order valence-electron chi connectivity index (χ2n) is 2.66. The molecule has 0 aliphatic rings. The molecule has 14 heavy (non-hydrogen) atoms. The van der Waals surface area contributed by atoms with Gasteiger partial charge >= 0.3 is 0 Å². The SMILES string of the molecule is Clc1c(Br)nc2cccc(Cl)c2c1Cl. The number of fused-ring (bicyclic) bond motifs is 1. The van der Waals surface area contributed by atoms with Crippen molar-refractivity contribution >= 4 is 61.6 Å². The van der Waals surface area contributed by atoms with E-state index in [4.69, 9.17) is 34.8 Å². The molecule has 2 rings (SSSR count). The van der Waals surface area contributed by atoms with E-state index in [0.717, 1.165) is 5.52 Å². The fraction of sp³-hybridized carbons (Fsp3) is 0. The van der Waals surface area contributed by atoms with E-state index in [2.05, 4.69) is 20.9 Å². The smallest absolute Gasteiger partial charge is 0.126 e. The zero-order valence-electron chi connectivity index (χ0n) is 6.69. The average Bonchev–Trinajstić information content (AvgIpc) is 2.14. The van der Waals surface area contributed by atoms with Crippen LogP contribution in [0.3, 0.4) is 0 Å². The first kappa shape index (κ1) is 10.5. The number of aromatic nitrogens is 1. The maximum Gasteiger partial charge on any atom is 0.126 e. The first-order valence-electron chi connectivity index (χ1n) is 3.70. The summed E-state index contributed by atoms with van der Waals surface area (Å²) < 4.78 is 0.527. The van der Waals surface area contributed by atoms with E-state index in [0.29, 0.717) is 25.1 Å². The molecule has 0 N–H and O–H groups in total. The van der Waals surface area contributed by atoms with E-state index >= 15 is 0 Å². The number of rotatable bonds is 0. The van der Waals surface area contributed by atoms with Crippen molar-refractivity contribution in [3.05, 3.63) is 37.9 Å². The van der Waals surface area contributed by atoms with Crippen LogP contribution in [0.15, 0.2) is 22.8 Å². The van der Waals surface area contributed by atoms with E-state index in [1.165, 1.54) is 0 Å². The van der Waals surface area contributed by atoms with Crippen LogP contribution in [0.5, 0.6) is 0 Å². The van der Waals surface area contributed by atoms with E-state index in [-0.39, 0.29) is 0 Å². The molecule has 1 aromatic carbocycles. The summed E-state index contributed by atoms with van der Waals surface area (Å²) in [5, 5.41) is 2.04. The first-order chi connectivity index (χ1) is 6.61. The molecule has 0 saturated carbocycles. The highest BCUT2D eigenvalue weighted by Crippen LogP contribution is 2.37. The Morgan fingerprint density at radius 1 is 1.07 bits per heavy atom. The second-order valence-corrected chi connectivity index (χ2v) is 4.58. The number of hydrogen-bond donors (Lipinski definition) is 0. The molecule has 1 heterocycles. The molecule has 0 aliphatic carbocycles. The van der Waals surface area contributed by atoms with Gasteiger partial charge in [0.2, 0.25) is 0 Å². The van der Waals surface area contributed by atoms with Crippen molar-refractivity contribution in [2.75, 3.05) is 0 Å². The van der Waals surface area contributed by atoms with Crippen molar-refractivity contribution in [3.8, 4) is 0 Å². The maximum absolute atomic E-state index is 6.05. The maximum atomic E-state index is 6.05. The molecule has 2 aromatic rings. The Kier molecular flexibility index (Phi) is 2.89. The Bertz CT molecular complexity index is 513. The molecule has 0 fully saturated rings. The molecule has 0 atom stereocenters. The molecule has 0 spiro atoms. The third kappa shape index (κ3) is 1.61. The van der Waals surface area contributed by atoms with Gasteiger partial charge in [-0.3, -0.25) is 0 Å². The quantitative estimate of drug-likeness (QED) is 0.627. The van der Waals surface area contributed by atoms with E-state index in [9.17, 15) is 0 Å². The van der Waals surface area contributed by atoms with Gasteiger partial charge in [-0.15, -0.1) is 0 Å². The predicted molar refractivity (Wildman–Crippen MR) is 64.5 cm³/mol. The first-order valence-corrected chi connectivity index (χ1v) is 5.62. The Labute approximate surface area is 104 Å². The van der Waals surface area contributed by atoms with Crippen LogP contribution in [-0.2, 0) is 0 Å². The molecule has 0 bridgehead atoms. The number of hydrogen-bond acceptors (Lipinski definition) is 1. The summed E-state index contributed by atoms with van der Waals surface area (Å²) in [6, 6.07) is 5.39. The average molecular weight is 311 g/mol. The number of halogens is 4. The summed E-state index contributed by atoms with van der Waals surface area (Å²) in [5.74, 6) is 0. The van der Waals surface area contributed by atoms with Crippen molar-refractivity contribution in [2.45, 2.75) is 0 Å². The minimum absolute atomic E-state index is 0.382. The molecule has 1 aromatic heterocycles. The summed E-state index contributed by atoms with van der Waals surface area (Å²) in [5.41, 5.74) is 0.721. The number of pyridine rings is 1. The monoisotopic (exact) mass is 309 g/mol. The van der Waals surface area contributed by atoms with Crippen molar-refractivity contribution in [1.82, 2.24) is 4.98 Å². The lowest BCUT2D eigenvalue weighted by Gasteiger charge is -2.05. The Balaban J connectivity index is 2.99. The normalized spacial score (nSPS) is 10.9. The summed E-state index contributed by atoms with van der Waals surface area (Å²) >= 11 is 21.2. The molecule has 1 nitrogen and oxygen atoms in total. The van der Waals surface area contributed by atoms with Gasteiger partial charge in [0.25, 0.3) is 0 Å². The van der Waals surface area contributed by atoms with Crippen LogP contribution in [0.25, 0.3) is 10.9 Å². The summed E-state index contributed by atoms with van der Waals surface area (Å²) in [7, 11) is 0. The molecule has 0 amide bonds. The van der Waals surface area contributed by atoms with E-state index in [1.54, 1.807) is 6.07 Å².